The van der Waals surface area contributed by atoms with Crippen molar-refractivity contribution in [3.8, 4) is 0 Å². The van der Waals surface area contributed by atoms with Gasteiger partial charge in [-0.3, -0.25) is 4.79 Å². The molecule has 0 aliphatic rings. The fourth-order valence-electron chi connectivity index (χ4n) is 1.57. The quantitative estimate of drug-likeness (QED) is 0.552. The van der Waals surface area contributed by atoms with Crippen LogP contribution in [0.25, 0.3) is 0 Å². The van der Waals surface area contributed by atoms with Crippen LogP contribution in [0.5, 0.6) is 0 Å². The van der Waals surface area contributed by atoms with Crippen molar-refractivity contribution in [1.29, 1.82) is 0 Å². The first kappa shape index (κ1) is 14.4. The van der Waals surface area contributed by atoms with E-state index in [1.807, 2.05) is 6.92 Å². The molecule has 2 N–H and O–H groups in total. The summed E-state index contributed by atoms with van der Waals surface area (Å²) in [5, 5.41) is 17.7. The van der Waals surface area contributed by atoms with Crippen molar-refractivity contribution in [2.45, 2.75) is 70.8 Å². The molecule has 0 aliphatic heterocycles. The third-order valence-electron chi connectivity index (χ3n) is 2.65. The lowest BCUT2D eigenvalue weighted by atomic mass is 10.1. The minimum atomic E-state index is -0.693. The van der Waals surface area contributed by atoms with Crippen molar-refractivity contribution >= 4 is 5.97 Å². The SMILES string of the molecule is CC[C@H](O)CCCCCCCCC(=O)O. The standard InChI is InChI=1S/C12H24O3/c1-2-11(13)9-7-5-3-4-6-8-10-12(14)15/h11,13H,2-10H2,1H3,(H,14,15)/t11-/m0/s1. The fraction of sp³-hybridized carbons (Fsp3) is 0.917. The largest absolute Gasteiger partial charge is 0.481 e. The van der Waals surface area contributed by atoms with E-state index in [-0.39, 0.29) is 6.10 Å². The van der Waals surface area contributed by atoms with Gasteiger partial charge in [0.05, 0.1) is 6.10 Å². The second-order valence-electron chi connectivity index (χ2n) is 4.12. The Balaban J connectivity index is 3.02. The number of unbranched alkanes of at least 4 members (excludes halogenated alkanes) is 5. The number of carboxylic acids is 1. The highest BCUT2D eigenvalue weighted by Gasteiger charge is 2.00. The Kier molecular flexibility index (Phi) is 9.59. The maximum atomic E-state index is 10.2. The van der Waals surface area contributed by atoms with Gasteiger partial charge in [0.15, 0.2) is 0 Å². The molecule has 0 saturated heterocycles. The molecule has 0 aliphatic carbocycles. The molecule has 0 aromatic rings. The smallest absolute Gasteiger partial charge is 0.303 e. The van der Waals surface area contributed by atoms with Crippen molar-refractivity contribution in [3.63, 3.8) is 0 Å². The molecule has 90 valence electrons. The Labute approximate surface area is 92.5 Å². The summed E-state index contributed by atoms with van der Waals surface area (Å²) < 4.78 is 0. The molecule has 0 aromatic carbocycles. The summed E-state index contributed by atoms with van der Waals surface area (Å²) in [7, 11) is 0. The topological polar surface area (TPSA) is 57.5 Å². The molecule has 0 saturated carbocycles. The van der Waals surface area contributed by atoms with Crippen LogP contribution >= 0.6 is 0 Å². The predicted octanol–water partition coefficient (Wildman–Crippen LogP) is 2.96. The summed E-state index contributed by atoms with van der Waals surface area (Å²) in [6.45, 7) is 2.00. The van der Waals surface area contributed by atoms with Crippen molar-refractivity contribution in [2.24, 2.45) is 0 Å². The van der Waals surface area contributed by atoms with E-state index in [2.05, 4.69) is 0 Å². The third kappa shape index (κ3) is 11.4. The summed E-state index contributed by atoms with van der Waals surface area (Å²) in [6, 6.07) is 0. The Morgan fingerprint density at radius 1 is 1.07 bits per heavy atom. The molecule has 0 rings (SSSR count). The number of aliphatic hydroxyl groups excluding tert-OH is 1. The average Bonchev–Trinajstić information content (AvgIpc) is 2.21. The first-order valence-corrected chi connectivity index (χ1v) is 6.06. The number of aliphatic carboxylic acids is 1. The summed E-state index contributed by atoms with van der Waals surface area (Å²) in [5.74, 6) is -0.693. The average molecular weight is 216 g/mol. The lowest BCUT2D eigenvalue weighted by Gasteiger charge is -2.06. The first-order valence-electron chi connectivity index (χ1n) is 6.06. The summed E-state index contributed by atoms with van der Waals surface area (Å²) in [5.41, 5.74) is 0. The lowest BCUT2D eigenvalue weighted by molar-refractivity contribution is -0.137. The Bertz CT molecular complexity index is 157. The highest BCUT2D eigenvalue weighted by atomic mass is 16.4. The normalized spacial score (nSPS) is 12.7. The van der Waals surface area contributed by atoms with Gasteiger partial charge in [-0.1, -0.05) is 39.0 Å². The van der Waals surface area contributed by atoms with E-state index in [0.717, 1.165) is 51.4 Å². The lowest BCUT2D eigenvalue weighted by Crippen LogP contribution is -2.03. The molecule has 0 spiro atoms. The molecule has 1 atom stereocenters. The zero-order chi connectivity index (χ0) is 11.5. The summed E-state index contributed by atoms with van der Waals surface area (Å²) in [4.78, 5) is 10.2. The molecule has 0 aromatic heterocycles. The summed E-state index contributed by atoms with van der Waals surface area (Å²) >= 11 is 0. The molecule has 0 bridgehead atoms. The van der Waals surface area contributed by atoms with Gasteiger partial charge in [-0.2, -0.15) is 0 Å². The Morgan fingerprint density at radius 3 is 2.13 bits per heavy atom. The van der Waals surface area contributed by atoms with Crippen molar-refractivity contribution in [3.05, 3.63) is 0 Å². The van der Waals surface area contributed by atoms with Crippen LogP contribution in [-0.4, -0.2) is 22.3 Å². The number of hydrogen-bond donors (Lipinski definition) is 2. The molecular formula is C12H24O3. The molecule has 3 heteroatoms. The van der Waals surface area contributed by atoms with Crippen LogP contribution in [0, 0.1) is 0 Å². The maximum absolute atomic E-state index is 10.2. The number of rotatable bonds is 10. The summed E-state index contributed by atoms with van der Waals surface area (Å²) in [6.07, 6.45) is 8.27. The zero-order valence-corrected chi connectivity index (χ0v) is 9.74. The van der Waals surface area contributed by atoms with Gasteiger partial charge < -0.3 is 10.2 Å². The van der Waals surface area contributed by atoms with E-state index in [4.69, 9.17) is 5.11 Å². The minimum absolute atomic E-state index is 0.128. The van der Waals surface area contributed by atoms with E-state index in [1.54, 1.807) is 0 Å². The molecule has 0 unspecified atom stereocenters. The second kappa shape index (κ2) is 9.97. The van der Waals surface area contributed by atoms with Gasteiger partial charge in [-0.25, -0.2) is 0 Å². The fourth-order valence-corrected chi connectivity index (χ4v) is 1.57. The van der Waals surface area contributed by atoms with E-state index >= 15 is 0 Å². The molecule has 3 nitrogen and oxygen atoms in total. The van der Waals surface area contributed by atoms with E-state index in [9.17, 15) is 9.90 Å². The van der Waals surface area contributed by atoms with Gasteiger partial charge >= 0.3 is 5.97 Å². The van der Waals surface area contributed by atoms with Gasteiger partial charge in [0.1, 0.15) is 0 Å². The van der Waals surface area contributed by atoms with Gasteiger partial charge in [0.25, 0.3) is 0 Å². The third-order valence-corrected chi connectivity index (χ3v) is 2.65. The van der Waals surface area contributed by atoms with Crippen LogP contribution < -0.4 is 0 Å². The number of carbonyl (C=O) groups is 1. The van der Waals surface area contributed by atoms with Crippen LogP contribution in [0.15, 0.2) is 0 Å². The van der Waals surface area contributed by atoms with E-state index in [0.29, 0.717) is 6.42 Å². The van der Waals surface area contributed by atoms with E-state index < -0.39 is 5.97 Å². The van der Waals surface area contributed by atoms with E-state index in [1.165, 1.54) is 0 Å². The van der Waals surface area contributed by atoms with Crippen molar-refractivity contribution in [2.75, 3.05) is 0 Å². The zero-order valence-electron chi connectivity index (χ0n) is 9.74. The van der Waals surface area contributed by atoms with Crippen molar-refractivity contribution in [1.82, 2.24) is 0 Å². The van der Waals surface area contributed by atoms with Crippen LogP contribution in [0.1, 0.15) is 64.7 Å². The second-order valence-corrected chi connectivity index (χ2v) is 4.12. The highest BCUT2D eigenvalue weighted by molar-refractivity contribution is 5.66. The van der Waals surface area contributed by atoms with Gasteiger partial charge in [0.2, 0.25) is 0 Å². The number of hydrogen-bond acceptors (Lipinski definition) is 2. The minimum Gasteiger partial charge on any atom is -0.481 e. The van der Waals surface area contributed by atoms with Crippen LogP contribution in [0.2, 0.25) is 0 Å². The Hall–Kier alpha value is -0.570. The first-order chi connectivity index (χ1) is 7.16. The van der Waals surface area contributed by atoms with Crippen LogP contribution in [0.3, 0.4) is 0 Å². The molecule has 0 radical (unpaired) electrons. The van der Waals surface area contributed by atoms with Crippen molar-refractivity contribution < 1.29 is 15.0 Å². The molecule has 0 amide bonds. The molecule has 15 heavy (non-hydrogen) atoms. The van der Waals surface area contributed by atoms with Gasteiger partial charge in [-0.05, 0) is 19.3 Å². The van der Waals surface area contributed by atoms with Gasteiger partial charge in [0, 0.05) is 6.42 Å². The van der Waals surface area contributed by atoms with Gasteiger partial charge in [-0.15, -0.1) is 0 Å². The predicted molar refractivity (Wildman–Crippen MR) is 60.9 cm³/mol. The molecular weight excluding hydrogens is 192 g/mol. The Morgan fingerprint density at radius 2 is 1.60 bits per heavy atom. The highest BCUT2D eigenvalue weighted by Crippen LogP contribution is 2.10. The molecule has 0 heterocycles. The number of aliphatic hydroxyl groups is 1. The monoisotopic (exact) mass is 216 g/mol. The van der Waals surface area contributed by atoms with Crippen LogP contribution in [0.4, 0.5) is 0 Å². The van der Waals surface area contributed by atoms with Crippen LogP contribution in [-0.2, 0) is 4.79 Å². The molecule has 0 fully saturated rings. The number of carboxylic acid groups (broad SMARTS) is 1. The maximum Gasteiger partial charge on any atom is 0.303 e.